The van der Waals surface area contributed by atoms with Crippen molar-refractivity contribution in [3.63, 3.8) is 0 Å². The SMILES string of the molecule is O=C(CCCOc1ccccc1)N(C[C@@H]1CCCO1)[C@H]1CCS(=O)(=O)C1. The van der Waals surface area contributed by atoms with Crippen LogP contribution in [-0.2, 0) is 19.4 Å². The predicted octanol–water partition coefficient (Wildman–Crippen LogP) is 2.04. The lowest BCUT2D eigenvalue weighted by molar-refractivity contribution is -0.135. The van der Waals surface area contributed by atoms with Gasteiger partial charge in [0.25, 0.3) is 0 Å². The van der Waals surface area contributed by atoms with E-state index in [-0.39, 0.29) is 29.6 Å². The van der Waals surface area contributed by atoms with Crippen LogP contribution in [-0.4, -0.2) is 62.6 Å². The van der Waals surface area contributed by atoms with Gasteiger partial charge in [-0.25, -0.2) is 8.42 Å². The van der Waals surface area contributed by atoms with E-state index in [4.69, 9.17) is 9.47 Å². The fraction of sp³-hybridized carbons (Fsp3) is 0.632. The van der Waals surface area contributed by atoms with Crippen molar-refractivity contribution in [3.8, 4) is 5.75 Å². The number of rotatable bonds is 8. The minimum Gasteiger partial charge on any atom is -0.494 e. The predicted molar refractivity (Wildman–Crippen MR) is 98.9 cm³/mol. The van der Waals surface area contributed by atoms with Crippen LogP contribution < -0.4 is 4.74 Å². The highest BCUT2D eigenvalue weighted by molar-refractivity contribution is 7.91. The summed E-state index contributed by atoms with van der Waals surface area (Å²) in [4.78, 5) is 14.5. The molecule has 2 atom stereocenters. The Balaban J connectivity index is 1.52. The second kappa shape index (κ2) is 8.86. The molecule has 0 aliphatic carbocycles. The first kappa shape index (κ1) is 19.2. The van der Waals surface area contributed by atoms with Gasteiger partial charge in [-0.3, -0.25) is 4.79 Å². The van der Waals surface area contributed by atoms with Crippen LogP contribution in [0.1, 0.15) is 32.1 Å². The van der Waals surface area contributed by atoms with Crippen molar-refractivity contribution in [1.82, 2.24) is 4.90 Å². The Morgan fingerprint density at radius 1 is 1.23 bits per heavy atom. The van der Waals surface area contributed by atoms with Gasteiger partial charge >= 0.3 is 0 Å². The van der Waals surface area contributed by atoms with Gasteiger partial charge in [-0.05, 0) is 37.8 Å². The van der Waals surface area contributed by atoms with Crippen LogP contribution in [0.25, 0.3) is 0 Å². The molecular formula is C19H27NO5S. The van der Waals surface area contributed by atoms with Crippen LogP contribution in [0.3, 0.4) is 0 Å². The van der Waals surface area contributed by atoms with Crippen LogP contribution in [0.5, 0.6) is 5.75 Å². The van der Waals surface area contributed by atoms with E-state index < -0.39 is 9.84 Å². The van der Waals surface area contributed by atoms with Gasteiger partial charge in [0.05, 0.1) is 24.2 Å². The van der Waals surface area contributed by atoms with E-state index in [9.17, 15) is 13.2 Å². The fourth-order valence-electron chi connectivity index (χ4n) is 3.56. The van der Waals surface area contributed by atoms with Gasteiger partial charge in [-0.15, -0.1) is 0 Å². The normalized spacial score (nSPS) is 24.5. The molecule has 0 bridgehead atoms. The number of para-hydroxylation sites is 1. The van der Waals surface area contributed by atoms with Gasteiger partial charge < -0.3 is 14.4 Å². The standard InChI is InChI=1S/C19H27NO5S/c21-19(9-5-12-24-17-6-2-1-3-7-17)20(14-18-8-4-11-25-18)16-10-13-26(22,23)15-16/h1-3,6-7,16,18H,4-5,8-15H2/t16-,18-/m0/s1. The van der Waals surface area contributed by atoms with E-state index in [1.807, 2.05) is 30.3 Å². The minimum atomic E-state index is -3.03. The number of benzene rings is 1. The summed E-state index contributed by atoms with van der Waals surface area (Å²) in [5.41, 5.74) is 0. The molecule has 6 nitrogen and oxygen atoms in total. The van der Waals surface area contributed by atoms with Gasteiger partial charge in [0.1, 0.15) is 5.75 Å². The molecule has 0 unspecified atom stereocenters. The molecule has 2 heterocycles. The summed E-state index contributed by atoms with van der Waals surface area (Å²) in [6.45, 7) is 1.69. The zero-order valence-electron chi connectivity index (χ0n) is 15.0. The number of nitrogens with zero attached hydrogens (tertiary/aromatic N) is 1. The van der Waals surface area contributed by atoms with Crippen LogP contribution >= 0.6 is 0 Å². The maximum Gasteiger partial charge on any atom is 0.223 e. The Hall–Kier alpha value is -1.60. The molecule has 1 aromatic rings. The van der Waals surface area contributed by atoms with E-state index in [0.29, 0.717) is 32.4 Å². The molecule has 2 fully saturated rings. The number of carbonyl (C=O) groups excluding carboxylic acids is 1. The van der Waals surface area contributed by atoms with Crippen LogP contribution in [0.15, 0.2) is 30.3 Å². The third kappa shape index (κ3) is 5.45. The first-order chi connectivity index (χ1) is 12.5. The molecule has 2 saturated heterocycles. The second-order valence-corrected chi connectivity index (χ2v) is 9.23. The molecule has 144 valence electrons. The van der Waals surface area contributed by atoms with E-state index in [0.717, 1.165) is 25.2 Å². The van der Waals surface area contributed by atoms with Crippen LogP contribution in [0, 0.1) is 0 Å². The van der Waals surface area contributed by atoms with Crippen LogP contribution in [0.2, 0.25) is 0 Å². The molecule has 7 heteroatoms. The lowest BCUT2D eigenvalue weighted by Crippen LogP contribution is -2.45. The summed E-state index contributed by atoms with van der Waals surface area (Å²) in [6.07, 6.45) is 3.45. The van der Waals surface area contributed by atoms with Gasteiger partial charge in [0.15, 0.2) is 9.84 Å². The molecule has 1 aromatic carbocycles. The van der Waals surface area contributed by atoms with Gasteiger partial charge in [0, 0.05) is 25.6 Å². The van der Waals surface area contributed by atoms with E-state index in [2.05, 4.69) is 0 Å². The average molecular weight is 381 g/mol. The molecule has 0 N–H and O–H groups in total. The van der Waals surface area contributed by atoms with Crippen molar-refractivity contribution in [2.45, 2.75) is 44.2 Å². The summed E-state index contributed by atoms with van der Waals surface area (Å²) < 4.78 is 35.0. The second-order valence-electron chi connectivity index (χ2n) is 7.00. The largest absolute Gasteiger partial charge is 0.494 e. The number of hydrogen-bond donors (Lipinski definition) is 0. The van der Waals surface area contributed by atoms with Crippen LogP contribution in [0.4, 0.5) is 0 Å². The highest BCUT2D eigenvalue weighted by Gasteiger charge is 2.36. The van der Waals surface area contributed by atoms with Gasteiger partial charge in [-0.1, -0.05) is 18.2 Å². The molecule has 0 radical (unpaired) electrons. The summed E-state index contributed by atoms with van der Waals surface area (Å²) in [6, 6.07) is 9.29. The van der Waals surface area contributed by atoms with Gasteiger partial charge in [0.2, 0.25) is 5.91 Å². The van der Waals surface area contributed by atoms with Gasteiger partial charge in [-0.2, -0.15) is 0 Å². The summed E-state index contributed by atoms with van der Waals surface area (Å²) >= 11 is 0. The Morgan fingerprint density at radius 2 is 2.04 bits per heavy atom. The average Bonchev–Trinajstić information content (AvgIpc) is 3.26. The van der Waals surface area contributed by atoms with E-state index in [1.54, 1.807) is 4.90 Å². The van der Waals surface area contributed by atoms with Crippen molar-refractivity contribution in [2.24, 2.45) is 0 Å². The molecule has 0 spiro atoms. The van der Waals surface area contributed by atoms with Crippen molar-refractivity contribution < 1.29 is 22.7 Å². The maximum absolute atomic E-state index is 12.8. The monoisotopic (exact) mass is 381 g/mol. The smallest absolute Gasteiger partial charge is 0.223 e. The fourth-order valence-corrected chi connectivity index (χ4v) is 5.29. The number of sulfone groups is 1. The number of hydrogen-bond acceptors (Lipinski definition) is 5. The molecule has 3 rings (SSSR count). The zero-order valence-corrected chi connectivity index (χ0v) is 15.8. The highest BCUT2D eigenvalue weighted by Crippen LogP contribution is 2.22. The molecule has 2 aliphatic heterocycles. The van der Waals surface area contributed by atoms with Crippen molar-refractivity contribution in [2.75, 3.05) is 31.3 Å². The Labute approximate surface area is 155 Å². The minimum absolute atomic E-state index is 0.000684. The first-order valence-corrected chi connectivity index (χ1v) is 11.1. The third-order valence-corrected chi connectivity index (χ3v) is 6.69. The Kier molecular flexibility index (Phi) is 6.53. The quantitative estimate of drug-likeness (QED) is 0.645. The molecule has 26 heavy (non-hydrogen) atoms. The lowest BCUT2D eigenvalue weighted by atomic mass is 10.1. The Morgan fingerprint density at radius 3 is 2.69 bits per heavy atom. The number of amides is 1. The third-order valence-electron chi connectivity index (χ3n) is 4.94. The zero-order chi connectivity index (χ0) is 18.4. The number of carbonyl (C=O) groups is 1. The number of ether oxygens (including phenoxy) is 2. The summed E-state index contributed by atoms with van der Waals surface area (Å²) in [5, 5.41) is 0. The van der Waals surface area contributed by atoms with E-state index in [1.165, 1.54) is 0 Å². The topological polar surface area (TPSA) is 72.9 Å². The van der Waals surface area contributed by atoms with E-state index >= 15 is 0 Å². The summed E-state index contributed by atoms with van der Waals surface area (Å²) in [5.74, 6) is 1.04. The molecule has 0 aromatic heterocycles. The molecule has 2 aliphatic rings. The Bertz CT molecular complexity index is 685. The van der Waals surface area contributed by atoms with Crippen molar-refractivity contribution >= 4 is 15.7 Å². The first-order valence-electron chi connectivity index (χ1n) is 9.33. The van der Waals surface area contributed by atoms with Crippen molar-refractivity contribution in [3.05, 3.63) is 30.3 Å². The molecular weight excluding hydrogens is 354 g/mol. The molecule has 0 saturated carbocycles. The highest BCUT2D eigenvalue weighted by atomic mass is 32.2. The maximum atomic E-state index is 12.8. The lowest BCUT2D eigenvalue weighted by Gasteiger charge is -2.30. The van der Waals surface area contributed by atoms with Crippen molar-refractivity contribution in [1.29, 1.82) is 0 Å². The summed E-state index contributed by atoms with van der Waals surface area (Å²) in [7, 11) is -3.03. The molecule has 1 amide bonds.